The van der Waals surface area contributed by atoms with Gasteiger partial charge in [-0.15, -0.1) is 0 Å². The molecule has 0 spiro atoms. The molecule has 6 nitrogen and oxygen atoms in total. The zero-order valence-corrected chi connectivity index (χ0v) is 14.3. The Hall–Kier alpha value is -2.70. The van der Waals surface area contributed by atoms with E-state index in [1.165, 1.54) is 12.1 Å². The van der Waals surface area contributed by atoms with Crippen LogP contribution >= 0.6 is 23.2 Å². The van der Waals surface area contributed by atoms with Gasteiger partial charge in [-0.25, -0.2) is 9.79 Å². The standard InChI is InChI=1S/C17H10Cl2N2O4/c1-9-2-4-11(8-15(9)21(23)24)16-20-14(17(22)25-16)7-10-3-5-12(18)13(19)6-10/h2-8H,1H3/b14-7+. The Kier molecular flexibility index (Phi) is 4.57. The zero-order valence-electron chi connectivity index (χ0n) is 12.8. The van der Waals surface area contributed by atoms with Crippen molar-refractivity contribution in [2.75, 3.05) is 0 Å². The highest BCUT2D eigenvalue weighted by molar-refractivity contribution is 6.42. The number of carbonyl (C=O) groups is 1. The van der Waals surface area contributed by atoms with E-state index in [2.05, 4.69) is 4.99 Å². The number of aryl methyl sites for hydroxylation is 1. The Morgan fingerprint density at radius 3 is 2.60 bits per heavy atom. The molecule has 2 aromatic rings. The van der Waals surface area contributed by atoms with E-state index in [-0.39, 0.29) is 17.3 Å². The SMILES string of the molecule is Cc1ccc(C2=N/C(=C/c3ccc(Cl)c(Cl)c3)C(=O)O2)cc1[N+](=O)[O-]. The molecule has 1 aliphatic heterocycles. The quantitative estimate of drug-likeness (QED) is 0.340. The second-order valence-electron chi connectivity index (χ2n) is 5.27. The minimum Gasteiger partial charge on any atom is -0.402 e. The van der Waals surface area contributed by atoms with Crippen molar-refractivity contribution in [1.82, 2.24) is 0 Å². The fourth-order valence-electron chi connectivity index (χ4n) is 2.23. The monoisotopic (exact) mass is 376 g/mol. The summed E-state index contributed by atoms with van der Waals surface area (Å²) in [6, 6.07) is 9.38. The first-order valence-electron chi connectivity index (χ1n) is 7.08. The molecule has 8 heteroatoms. The first-order valence-corrected chi connectivity index (χ1v) is 7.84. The second kappa shape index (κ2) is 6.66. The van der Waals surface area contributed by atoms with E-state index in [1.807, 2.05) is 0 Å². The van der Waals surface area contributed by atoms with Gasteiger partial charge < -0.3 is 4.74 Å². The maximum Gasteiger partial charge on any atom is 0.363 e. The molecule has 0 aliphatic carbocycles. The summed E-state index contributed by atoms with van der Waals surface area (Å²) in [5.74, 6) is -0.635. The number of aliphatic imine (C=N–C) groups is 1. The minimum atomic E-state index is -0.649. The Balaban J connectivity index is 1.97. The number of benzene rings is 2. The Bertz CT molecular complexity index is 967. The maximum absolute atomic E-state index is 12.0. The molecule has 0 saturated carbocycles. The molecule has 3 rings (SSSR count). The van der Waals surface area contributed by atoms with Gasteiger partial charge in [0.1, 0.15) is 0 Å². The third kappa shape index (κ3) is 3.55. The van der Waals surface area contributed by atoms with E-state index in [1.54, 1.807) is 37.3 Å². The summed E-state index contributed by atoms with van der Waals surface area (Å²) in [6.07, 6.45) is 1.50. The summed E-state index contributed by atoms with van der Waals surface area (Å²) < 4.78 is 5.12. The van der Waals surface area contributed by atoms with Crippen molar-refractivity contribution in [2.45, 2.75) is 6.92 Å². The van der Waals surface area contributed by atoms with Gasteiger partial charge in [0.25, 0.3) is 5.69 Å². The Morgan fingerprint density at radius 2 is 1.92 bits per heavy atom. The molecule has 0 bridgehead atoms. The van der Waals surface area contributed by atoms with E-state index in [0.29, 0.717) is 26.7 Å². The molecule has 0 radical (unpaired) electrons. The smallest absolute Gasteiger partial charge is 0.363 e. The van der Waals surface area contributed by atoms with Crippen molar-refractivity contribution < 1.29 is 14.5 Å². The fraction of sp³-hybridized carbons (Fsp3) is 0.0588. The van der Waals surface area contributed by atoms with Crippen LogP contribution in [0.5, 0.6) is 0 Å². The molecule has 1 heterocycles. The first-order chi connectivity index (χ1) is 11.8. The van der Waals surface area contributed by atoms with E-state index in [4.69, 9.17) is 27.9 Å². The van der Waals surface area contributed by atoms with Crippen LogP contribution in [0.1, 0.15) is 16.7 Å². The Labute approximate surface area is 152 Å². The molecule has 0 amide bonds. The topological polar surface area (TPSA) is 81.8 Å². The lowest BCUT2D eigenvalue weighted by Crippen LogP contribution is -2.06. The van der Waals surface area contributed by atoms with Crippen LogP contribution in [0.25, 0.3) is 6.08 Å². The molecule has 0 unspecified atom stereocenters. The number of hydrogen-bond donors (Lipinski definition) is 0. The van der Waals surface area contributed by atoms with Crippen LogP contribution < -0.4 is 0 Å². The van der Waals surface area contributed by atoms with E-state index < -0.39 is 10.9 Å². The zero-order chi connectivity index (χ0) is 18.1. The van der Waals surface area contributed by atoms with Crippen LogP contribution in [0.2, 0.25) is 10.0 Å². The molecule has 25 heavy (non-hydrogen) atoms. The lowest BCUT2D eigenvalue weighted by molar-refractivity contribution is -0.385. The molecule has 2 aromatic carbocycles. The average Bonchev–Trinajstić information content (AvgIpc) is 2.92. The molecule has 0 atom stereocenters. The third-order valence-electron chi connectivity index (χ3n) is 3.52. The first kappa shape index (κ1) is 17.1. The number of rotatable bonds is 3. The van der Waals surface area contributed by atoms with Gasteiger partial charge in [0.2, 0.25) is 5.90 Å². The number of ether oxygens (including phenoxy) is 1. The summed E-state index contributed by atoms with van der Waals surface area (Å²) in [7, 11) is 0. The number of carbonyl (C=O) groups excluding carboxylic acids is 1. The summed E-state index contributed by atoms with van der Waals surface area (Å²) in [5.41, 5.74) is 1.48. The van der Waals surface area contributed by atoms with Gasteiger partial charge in [0.05, 0.1) is 15.0 Å². The van der Waals surface area contributed by atoms with Crippen molar-refractivity contribution in [1.29, 1.82) is 0 Å². The lowest BCUT2D eigenvalue weighted by Gasteiger charge is -2.01. The van der Waals surface area contributed by atoms with Gasteiger partial charge in [-0.05, 0) is 36.8 Å². The Morgan fingerprint density at radius 1 is 1.16 bits per heavy atom. The highest BCUT2D eigenvalue weighted by Crippen LogP contribution is 2.26. The third-order valence-corrected chi connectivity index (χ3v) is 4.26. The molecule has 0 fully saturated rings. The van der Waals surface area contributed by atoms with Crippen LogP contribution in [0, 0.1) is 17.0 Å². The molecule has 0 aromatic heterocycles. The predicted molar refractivity (Wildman–Crippen MR) is 94.9 cm³/mol. The highest BCUT2D eigenvalue weighted by Gasteiger charge is 2.25. The minimum absolute atomic E-state index is 0.0133. The lowest BCUT2D eigenvalue weighted by atomic mass is 10.1. The number of nitro benzene ring substituents is 1. The molecule has 0 saturated heterocycles. The number of nitro groups is 1. The molecular formula is C17H10Cl2N2O4. The summed E-state index contributed by atoms with van der Waals surface area (Å²) in [4.78, 5) is 26.7. The van der Waals surface area contributed by atoms with Crippen molar-refractivity contribution in [3.63, 3.8) is 0 Å². The molecule has 0 N–H and O–H groups in total. The van der Waals surface area contributed by atoms with Gasteiger partial charge in [0, 0.05) is 17.2 Å². The summed E-state index contributed by atoms with van der Waals surface area (Å²) >= 11 is 11.8. The maximum atomic E-state index is 12.0. The van der Waals surface area contributed by atoms with Gasteiger partial charge in [-0.2, -0.15) is 0 Å². The average molecular weight is 377 g/mol. The van der Waals surface area contributed by atoms with Crippen molar-refractivity contribution in [2.24, 2.45) is 4.99 Å². The number of esters is 1. The normalized spacial score (nSPS) is 15.2. The number of hydrogen-bond acceptors (Lipinski definition) is 5. The predicted octanol–water partition coefficient (Wildman–Crippen LogP) is 4.55. The number of cyclic esters (lactones) is 1. The fourth-order valence-corrected chi connectivity index (χ4v) is 2.54. The largest absolute Gasteiger partial charge is 0.402 e. The molecule has 1 aliphatic rings. The van der Waals surface area contributed by atoms with Crippen LogP contribution in [-0.2, 0) is 9.53 Å². The van der Waals surface area contributed by atoms with Gasteiger partial charge in [-0.3, -0.25) is 10.1 Å². The van der Waals surface area contributed by atoms with Crippen LogP contribution in [-0.4, -0.2) is 16.8 Å². The van der Waals surface area contributed by atoms with Crippen LogP contribution in [0.3, 0.4) is 0 Å². The van der Waals surface area contributed by atoms with Crippen molar-refractivity contribution >= 4 is 46.8 Å². The number of halogens is 2. The van der Waals surface area contributed by atoms with Gasteiger partial charge in [-0.1, -0.05) is 35.3 Å². The molecular weight excluding hydrogens is 367 g/mol. The van der Waals surface area contributed by atoms with Crippen LogP contribution in [0.4, 0.5) is 5.69 Å². The summed E-state index contributed by atoms with van der Waals surface area (Å²) in [6.45, 7) is 1.62. The van der Waals surface area contributed by atoms with E-state index in [9.17, 15) is 14.9 Å². The van der Waals surface area contributed by atoms with E-state index >= 15 is 0 Å². The van der Waals surface area contributed by atoms with Crippen molar-refractivity contribution in [3.05, 3.63) is 78.9 Å². The van der Waals surface area contributed by atoms with E-state index in [0.717, 1.165) is 0 Å². The second-order valence-corrected chi connectivity index (χ2v) is 6.08. The van der Waals surface area contributed by atoms with Crippen molar-refractivity contribution in [3.8, 4) is 0 Å². The molecule has 126 valence electrons. The number of nitrogens with zero attached hydrogens (tertiary/aromatic N) is 2. The van der Waals surface area contributed by atoms with Crippen LogP contribution in [0.15, 0.2) is 47.1 Å². The van der Waals surface area contributed by atoms with Gasteiger partial charge >= 0.3 is 5.97 Å². The highest BCUT2D eigenvalue weighted by atomic mass is 35.5. The summed E-state index contributed by atoms with van der Waals surface area (Å²) in [5, 5.41) is 11.8. The van der Waals surface area contributed by atoms with Gasteiger partial charge in [0.15, 0.2) is 5.70 Å².